The molecule has 18 heavy (non-hydrogen) atoms. The number of rotatable bonds is 1. The van der Waals surface area contributed by atoms with Gasteiger partial charge in [-0.1, -0.05) is 5.16 Å². The van der Waals surface area contributed by atoms with Gasteiger partial charge in [0.25, 0.3) is 0 Å². The molecule has 0 aromatic carbocycles. The maximum Gasteiger partial charge on any atom is 0.471 e. The van der Waals surface area contributed by atoms with Crippen LogP contribution >= 0.6 is 0 Å². The number of carbonyl (C=O) groups excluding carboxylic acids is 1. The van der Waals surface area contributed by atoms with Crippen LogP contribution in [0.1, 0.15) is 24.6 Å². The second-order valence-corrected chi connectivity index (χ2v) is 4.04. The standard InChI is InChI=1S/C9H10F3N3O3/c10-9(11,12)7(16)15-3-1-5(2-4-15)6-13-8(17)18-14-6/h5H,1-4H2,(H,13,14,17). The summed E-state index contributed by atoms with van der Waals surface area (Å²) in [5, 5.41) is 3.49. The Morgan fingerprint density at radius 1 is 1.39 bits per heavy atom. The third-order valence-corrected chi connectivity index (χ3v) is 2.87. The molecule has 1 aliphatic heterocycles. The highest BCUT2D eigenvalue weighted by molar-refractivity contribution is 5.81. The van der Waals surface area contributed by atoms with Crippen molar-refractivity contribution in [3.8, 4) is 0 Å². The number of alkyl halides is 3. The van der Waals surface area contributed by atoms with E-state index in [1.54, 1.807) is 0 Å². The van der Waals surface area contributed by atoms with Crippen molar-refractivity contribution < 1.29 is 22.5 Å². The van der Waals surface area contributed by atoms with Gasteiger partial charge in [-0.15, -0.1) is 0 Å². The molecule has 0 aliphatic carbocycles. The van der Waals surface area contributed by atoms with E-state index >= 15 is 0 Å². The first-order valence-electron chi connectivity index (χ1n) is 5.30. The smallest absolute Gasteiger partial charge is 0.335 e. The van der Waals surface area contributed by atoms with E-state index in [2.05, 4.69) is 14.7 Å². The zero-order valence-electron chi connectivity index (χ0n) is 9.16. The highest BCUT2D eigenvalue weighted by Crippen LogP contribution is 2.27. The normalized spacial score (nSPS) is 18.1. The number of carbonyl (C=O) groups is 1. The second kappa shape index (κ2) is 4.46. The first-order valence-corrected chi connectivity index (χ1v) is 5.30. The molecule has 1 amide bonds. The Bertz CT molecular complexity index is 485. The molecule has 1 aromatic rings. The Morgan fingerprint density at radius 2 is 2.00 bits per heavy atom. The van der Waals surface area contributed by atoms with Gasteiger partial charge in [0, 0.05) is 19.0 Å². The van der Waals surface area contributed by atoms with Crippen LogP contribution in [0.15, 0.2) is 9.32 Å². The van der Waals surface area contributed by atoms with Crippen LogP contribution in [0, 0.1) is 0 Å². The Morgan fingerprint density at radius 3 is 2.44 bits per heavy atom. The fourth-order valence-electron chi connectivity index (χ4n) is 1.95. The summed E-state index contributed by atoms with van der Waals surface area (Å²) in [5.41, 5.74) is 0. The van der Waals surface area contributed by atoms with Gasteiger partial charge in [0.15, 0.2) is 5.82 Å². The number of nitrogens with zero attached hydrogens (tertiary/aromatic N) is 2. The van der Waals surface area contributed by atoms with Crippen LogP contribution in [-0.4, -0.2) is 40.2 Å². The van der Waals surface area contributed by atoms with E-state index in [0.29, 0.717) is 18.7 Å². The third-order valence-electron chi connectivity index (χ3n) is 2.87. The van der Waals surface area contributed by atoms with Gasteiger partial charge in [-0.05, 0) is 12.8 Å². The third kappa shape index (κ3) is 2.54. The second-order valence-electron chi connectivity index (χ2n) is 4.04. The molecule has 100 valence electrons. The first kappa shape index (κ1) is 12.7. The van der Waals surface area contributed by atoms with Crippen molar-refractivity contribution in [3.63, 3.8) is 0 Å². The monoisotopic (exact) mass is 265 g/mol. The van der Waals surface area contributed by atoms with Crippen molar-refractivity contribution >= 4 is 5.91 Å². The molecule has 0 radical (unpaired) electrons. The minimum atomic E-state index is -4.84. The van der Waals surface area contributed by atoms with Crippen molar-refractivity contribution in [1.82, 2.24) is 15.0 Å². The highest BCUT2D eigenvalue weighted by atomic mass is 19.4. The van der Waals surface area contributed by atoms with Gasteiger partial charge >= 0.3 is 17.8 Å². The molecular weight excluding hydrogens is 255 g/mol. The molecule has 1 fully saturated rings. The van der Waals surface area contributed by atoms with E-state index < -0.39 is 17.8 Å². The molecule has 2 heterocycles. The van der Waals surface area contributed by atoms with E-state index in [9.17, 15) is 22.8 Å². The highest BCUT2D eigenvalue weighted by Gasteiger charge is 2.43. The van der Waals surface area contributed by atoms with Gasteiger partial charge in [-0.25, -0.2) is 4.79 Å². The van der Waals surface area contributed by atoms with Crippen molar-refractivity contribution in [2.45, 2.75) is 24.9 Å². The molecule has 1 aliphatic rings. The molecule has 0 atom stereocenters. The van der Waals surface area contributed by atoms with Gasteiger partial charge in [0.05, 0.1) is 0 Å². The number of aromatic nitrogens is 2. The largest absolute Gasteiger partial charge is 0.471 e. The molecular formula is C9H10F3N3O3. The maximum absolute atomic E-state index is 12.2. The number of H-pyrrole nitrogens is 1. The minimum Gasteiger partial charge on any atom is -0.335 e. The molecule has 9 heteroatoms. The van der Waals surface area contributed by atoms with Gasteiger partial charge < -0.3 is 4.90 Å². The van der Waals surface area contributed by atoms with E-state index in [0.717, 1.165) is 4.90 Å². The molecule has 0 spiro atoms. The molecule has 0 saturated carbocycles. The maximum atomic E-state index is 12.2. The van der Waals surface area contributed by atoms with E-state index in [4.69, 9.17) is 0 Å². The lowest BCUT2D eigenvalue weighted by atomic mass is 9.96. The Labute approximate surface area is 98.7 Å². The predicted molar refractivity (Wildman–Crippen MR) is 51.7 cm³/mol. The number of nitrogens with one attached hydrogen (secondary N) is 1. The molecule has 1 saturated heterocycles. The number of piperidine rings is 1. The number of hydrogen-bond donors (Lipinski definition) is 1. The topological polar surface area (TPSA) is 79.2 Å². The van der Waals surface area contributed by atoms with E-state index in [-0.39, 0.29) is 19.0 Å². The fourth-order valence-corrected chi connectivity index (χ4v) is 1.95. The lowest BCUT2D eigenvalue weighted by Crippen LogP contribution is -2.45. The van der Waals surface area contributed by atoms with Crippen molar-refractivity contribution in [1.29, 1.82) is 0 Å². The predicted octanol–water partition coefficient (Wildman–Crippen LogP) is 0.631. The average Bonchev–Trinajstić information content (AvgIpc) is 2.74. The SMILES string of the molecule is O=C(N1CCC(c2noc(=O)[nH]2)CC1)C(F)(F)F. The van der Waals surface area contributed by atoms with Crippen LogP contribution < -0.4 is 5.76 Å². The van der Waals surface area contributed by atoms with Crippen molar-refractivity contribution in [2.75, 3.05) is 13.1 Å². The summed E-state index contributed by atoms with van der Waals surface area (Å²) in [6.07, 6.45) is -4.22. The molecule has 1 N–H and O–H groups in total. The number of amides is 1. The molecule has 0 bridgehead atoms. The van der Waals surface area contributed by atoms with E-state index in [1.165, 1.54) is 0 Å². The molecule has 2 rings (SSSR count). The zero-order valence-corrected chi connectivity index (χ0v) is 9.16. The van der Waals surface area contributed by atoms with Crippen LogP contribution in [0.3, 0.4) is 0 Å². The van der Waals surface area contributed by atoms with Gasteiger partial charge in [0.1, 0.15) is 0 Å². The fraction of sp³-hybridized carbons (Fsp3) is 0.667. The summed E-state index contributed by atoms with van der Waals surface area (Å²) in [5.74, 6) is -2.39. The lowest BCUT2D eigenvalue weighted by Gasteiger charge is -2.31. The van der Waals surface area contributed by atoms with Crippen molar-refractivity contribution in [3.05, 3.63) is 16.4 Å². The van der Waals surface area contributed by atoms with Crippen LogP contribution in [0.25, 0.3) is 0 Å². The summed E-state index contributed by atoms with van der Waals surface area (Å²) in [6, 6.07) is 0. The summed E-state index contributed by atoms with van der Waals surface area (Å²) in [4.78, 5) is 24.8. The molecule has 0 unspecified atom stereocenters. The van der Waals surface area contributed by atoms with Crippen LogP contribution in [-0.2, 0) is 4.79 Å². The van der Waals surface area contributed by atoms with Crippen LogP contribution in [0.4, 0.5) is 13.2 Å². The molecule has 6 nitrogen and oxygen atoms in total. The minimum absolute atomic E-state index is 0.0160. The number of likely N-dealkylation sites (tertiary alicyclic amines) is 1. The lowest BCUT2D eigenvalue weighted by molar-refractivity contribution is -0.186. The number of halogens is 3. The van der Waals surface area contributed by atoms with Crippen molar-refractivity contribution in [2.24, 2.45) is 0 Å². The first-order chi connectivity index (χ1) is 8.38. The number of hydrogen-bond acceptors (Lipinski definition) is 4. The van der Waals surface area contributed by atoms with Gasteiger partial charge in [-0.2, -0.15) is 13.2 Å². The quantitative estimate of drug-likeness (QED) is 0.807. The summed E-state index contributed by atoms with van der Waals surface area (Å²) in [6.45, 7) is -0.0319. The van der Waals surface area contributed by atoms with Gasteiger partial charge in [0.2, 0.25) is 0 Å². The summed E-state index contributed by atoms with van der Waals surface area (Å²) < 4.78 is 40.9. The Kier molecular flexibility index (Phi) is 3.14. The number of aromatic amines is 1. The summed E-state index contributed by atoms with van der Waals surface area (Å²) in [7, 11) is 0. The van der Waals surface area contributed by atoms with Gasteiger partial charge in [-0.3, -0.25) is 14.3 Å². The Balaban J connectivity index is 1.96. The zero-order chi connectivity index (χ0) is 13.3. The average molecular weight is 265 g/mol. The van der Waals surface area contributed by atoms with Crippen LogP contribution in [0.2, 0.25) is 0 Å². The Hall–Kier alpha value is -1.80. The van der Waals surface area contributed by atoms with Crippen LogP contribution in [0.5, 0.6) is 0 Å². The van der Waals surface area contributed by atoms with E-state index in [1.807, 2.05) is 0 Å². The molecule has 1 aromatic heterocycles. The summed E-state index contributed by atoms with van der Waals surface area (Å²) >= 11 is 0.